The summed E-state index contributed by atoms with van der Waals surface area (Å²) in [6.45, 7) is 8.93. The van der Waals surface area contributed by atoms with E-state index in [9.17, 15) is 4.79 Å². The zero-order chi connectivity index (χ0) is 20.8. The highest BCUT2D eigenvalue weighted by Gasteiger charge is 2.17. The second-order valence-corrected chi connectivity index (χ2v) is 8.06. The average Bonchev–Trinajstić information content (AvgIpc) is 2.72. The molecule has 1 amide bonds. The Morgan fingerprint density at radius 2 is 2.07 bits per heavy atom. The molecule has 1 N–H and O–H groups in total. The Labute approximate surface area is 176 Å². The molecule has 156 valence electrons. The van der Waals surface area contributed by atoms with Crippen LogP contribution >= 0.6 is 11.8 Å². The SMILES string of the molecule is CSc1nc(C)c(CCC(=O)NCc2ccc(N3CCOC(C)C3)nc2)c(C)n1. The Morgan fingerprint density at radius 3 is 2.69 bits per heavy atom. The van der Waals surface area contributed by atoms with Crippen LogP contribution in [0.3, 0.4) is 0 Å². The van der Waals surface area contributed by atoms with Crippen molar-refractivity contribution in [2.45, 2.75) is 51.4 Å². The van der Waals surface area contributed by atoms with Gasteiger partial charge in [-0.2, -0.15) is 0 Å². The van der Waals surface area contributed by atoms with E-state index in [1.54, 1.807) is 0 Å². The lowest BCUT2D eigenvalue weighted by Crippen LogP contribution is -2.41. The number of hydrogen-bond donors (Lipinski definition) is 1. The second-order valence-electron chi connectivity index (χ2n) is 7.29. The molecule has 2 aromatic heterocycles. The highest BCUT2D eigenvalue weighted by atomic mass is 32.2. The molecule has 1 fully saturated rings. The van der Waals surface area contributed by atoms with E-state index in [4.69, 9.17) is 4.74 Å². The Bertz CT molecular complexity index is 820. The summed E-state index contributed by atoms with van der Waals surface area (Å²) in [5.41, 5.74) is 3.95. The Morgan fingerprint density at radius 1 is 1.31 bits per heavy atom. The maximum Gasteiger partial charge on any atom is 0.220 e. The fraction of sp³-hybridized carbons (Fsp3) is 0.524. The molecule has 0 radical (unpaired) electrons. The fourth-order valence-corrected chi connectivity index (χ4v) is 3.88. The van der Waals surface area contributed by atoms with Crippen molar-refractivity contribution in [1.29, 1.82) is 0 Å². The van der Waals surface area contributed by atoms with Gasteiger partial charge in [-0.25, -0.2) is 15.0 Å². The summed E-state index contributed by atoms with van der Waals surface area (Å²) in [7, 11) is 0. The molecule has 0 aromatic carbocycles. The van der Waals surface area contributed by atoms with Crippen molar-refractivity contribution < 1.29 is 9.53 Å². The number of carbonyl (C=O) groups is 1. The monoisotopic (exact) mass is 415 g/mol. The average molecular weight is 416 g/mol. The molecule has 2 aromatic rings. The molecular formula is C21H29N5O2S. The highest BCUT2D eigenvalue weighted by Crippen LogP contribution is 2.17. The zero-order valence-electron chi connectivity index (χ0n) is 17.6. The van der Waals surface area contributed by atoms with Gasteiger partial charge in [0.25, 0.3) is 0 Å². The van der Waals surface area contributed by atoms with Crippen LogP contribution < -0.4 is 10.2 Å². The highest BCUT2D eigenvalue weighted by molar-refractivity contribution is 7.98. The van der Waals surface area contributed by atoms with Crippen molar-refractivity contribution in [1.82, 2.24) is 20.3 Å². The molecule has 7 nitrogen and oxygen atoms in total. The van der Waals surface area contributed by atoms with Gasteiger partial charge in [0.15, 0.2) is 5.16 Å². The van der Waals surface area contributed by atoms with Crippen LogP contribution in [0.15, 0.2) is 23.5 Å². The van der Waals surface area contributed by atoms with Gasteiger partial charge in [-0.15, -0.1) is 0 Å². The van der Waals surface area contributed by atoms with E-state index in [0.29, 0.717) is 19.4 Å². The van der Waals surface area contributed by atoms with Gasteiger partial charge in [0.05, 0.1) is 12.7 Å². The third-order valence-corrected chi connectivity index (χ3v) is 5.60. The predicted octanol–water partition coefficient (Wildman–Crippen LogP) is 2.68. The number of amides is 1. The van der Waals surface area contributed by atoms with Crippen molar-refractivity contribution >= 4 is 23.5 Å². The smallest absolute Gasteiger partial charge is 0.220 e. The zero-order valence-corrected chi connectivity index (χ0v) is 18.4. The van der Waals surface area contributed by atoms with Gasteiger partial charge < -0.3 is 15.0 Å². The number of thioether (sulfide) groups is 1. The molecule has 1 aliphatic heterocycles. The van der Waals surface area contributed by atoms with E-state index in [0.717, 1.165) is 53.2 Å². The van der Waals surface area contributed by atoms with Crippen LogP contribution in [0.25, 0.3) is 0 Å². The first-order valence-electron chi connectivity index (χ1n) is 9.92. The number of anilines is 1. The van der Waals surface area contributed by atoms with Gasteiger partial charge >= 0.3 is 0 Å². The molecule has 1 aliphatic rings. The number of pyridine rings is 1. The third kappa shape index (κ3) is 5.90. The number of aromatic nitrogens is 3. The van der Waals surface area contributed by atoms with E-state index in [2.05, 4.69) is 32.1 Å². The number of aryl methyl sites for hydroxylation is 2. The third-order valence-electron chi connectivity index (χ3n) is 5.05. The number of ether oxygens (including phenoxy) is 1. The van der Waals surface area contributed by atoms with Crippen LogP contribution in [-0.4, -0.2) is 52.9 Å². The van der Waals surface area contributed by atoms with Gasteiger partial charge in [-0.3, -0.25) is 4.79 Å². The molecule has 1 saturated heterocycles. The Hall–Kier alpha value is -2.19. The molecule has 0 saturated carbocycles. The molecule has 0 bridgehead atoms. The fourth-order valence-electron chi connectivity index (χ4n) is 3.42. The van der Waals surface area contributed by atoms with Gasteiger partial charge in [-0.05, 0) is 50.6 Å². The van der Waals surface area contributed by atoms with Gasteiger partial charge in [0, 0.05) is 43.6 Å². The van der Waals surface area contributed by atoms with Gasteiger partial charge in [-0.1, -0.05) is 17.8 Å². The minimum Gasteiger partial charge on any atom is -0.375 e. The molecule has 3 heterocycles. The second kappa shape index (κ2) is 10.0. The van der Waals surface area contributed by atoms with Crippen LogP contribution in [0.5, 0.6) is 0 Å². The van der Waals surface area contributed by atoms with Crippen molar-refractivity contribution in [3.63, 3.8) is 0 Å². The van der Waals surface area contributed by atoms with Crippen molar-refractivity contribution in [2.75, 3.05) is 30.9 Å². The standard InChI is InChI=1S/C21H29N5O2S/c1-14-13-26(9-10-28-14)19-7-5-17(11-22-19)12-23-20(27)8-6-18-15(2)24-21(29-4)25-16(18)3/h5,7,11,14H,6,8-10,12-13H2,1-4H3,(H,23,27). The van der Waals surface area contributed by atoms with E-state index >= 15 is 0 Å². The van der Waals surface area contributed by atoms with Crippen molar-refractivity contribution in [3.8, 4) is 0 Å². The van der Waals surface area contributed by atoms with Crippen LogP contribution in [-0.2, 0) is 22.5 Å². The topological polar surface area (TPSA) is 80.2 Å². The largest absolute Gasteiger partial charge is 0.375 e. The summed E-state index contributed by atoms with van der Waals surface area (Å²) in [6, 6.07) is 4.03. The van der Waals surface area contributed by atoms with Gasteiger partial charge in [0.2, 0.25) is 5.91 Å². The molecule has 8 heteroatoms. The first kappa shape index (κ1) is 21.5. The van der Waals surface area contributed by atoms with E-state index in [-0.39, 0.29) is 12.0 Å². The quantitative estimate of drug-likeness (QED) is 0.550. The van der Waals surface area contributed by atoms with E-state index in [1.165, 1.54) is 11.8 Å². The number of nitrogens with zero attached hydrogens (tertiary/aromatic N) is 4. The normalized spacial score (nSPS) is 16.7. The first-order chi connectivity index (χ1) is 14.0. The summed E-state index contributed by atoms with van der Waals surface area (Å²) in [5.74, 6) is 0.971. The number of morpholine rings is 1. The molecule has 1 atom stereocenters. The summed E-state index contributed by atoms with van der Waals surface area (Å²) >= 11 is 1.53. The van der Waals surface area contributed by atoms with E-state index < -0.39 is 0 Å². The van der Waals surface area contributed by atoms with Crippen LogP contribution in [0.4, 0.5) is 5.82 Å². The van der Waals surface area contributed by atoms with E-state index in [1.807, 2.05) is 38.4 Å². The summed E-state index contributed by atoms with van der Waals surface area (Å²) in [4.78, 5) is 28.0. The molecule has 1 unspecified atom stereocenters. The number of nitrogens with one attached hydrogen (secondary N) is 1. The number of hydrogen-bond acceptors (Lipinski definition) is 7. The van der Waals surface area contributed by atoms with Crippen LogP contribution in [0, 0.1) is 13.8 Å². The summed E-state index contributed by atoms with van der Waals surface area (Å²) < 4.78 is 5.57. The van der Waals surface area contributed by atoms with Crippen LogP contribution in [0.1, 0.15) is 35.9 Å². The molecule has 0 aliphatic carbocycles. The minimum absolute atomic E-state index is 0.0174. The Kier molecular flexibility index (Phi) is 7.44. The Balaban J connectivity index is 1.48. The number of rotatable bonds is 7. The maximum atomic E-state index is 12.3. The summed E-state index contributed by atoms with van der Waals surface area (Å²) in [6.07, 6.45) is 5.08. The molecule has 3 rings (SSSR count). The van der Waals surface area contributed by atoms with Crippen molar-refractivity contribution in [3.05, 3.63) is 40.8 Å². The lowest BCUT2D eigenvalue weighted by atomic mass is 10.1. The lowest BCUT2D eigenvalue weighted by Gasteiger charge is -2.32. The van der Waals surface area contributed by atoms with Crippen molar-refractivity contribution in [2.24, 2.45) is 0 Å². The molecule has 29 heavy (non-hydrogen) atoms. The minimum atomic E-state index is 0.0174. The number of carbonyl (C=O) groups excluding carboxylic acids is 1. The van der Waals surface area contributed by atoms with Crippen LogP contribution in [0.2, 0.25) is 0 Å². The lowest BCUT2D eigenvalue weighted by molar-refractivity contribution is -0.121. The predicted molar refractivity (Wildman–Crippen MR) is 115 cm³/mol. The molecular weight excluding hydrogens is 386 g/mol. The van der Waals surface area contributed by atoms with Gasteiger partial charge in [0.1, 0.15) is 5.82 Å². The molecule has 0 spiro atoms. The maximum absolute atomic E-state index is 12.3. The first-order valence-corrected chi connectivity index (χ1v) is 11.1. The summed E-state index contributed by atoms with van der Waals surface area (Å²) in [5, 5.41) is 3.75.